The number of para-hydroxylation sites is 2. The standard InChI is InChI=1S/C16H15F3N2O/c1-22-14-5-3-2-4-12(14)21-8-10-9(13(21)7-20)6-11(17)16(19)15(10)18/h2-6,13H,7-8,20H2,1H3. The summed E-state index contributed by atoms with van der Waals surface area (Å²) in [4.78, 5) is 1.80. The highest BCUT2D eigenvalue weighted by Gasteiger charge is 2.35. The van der Waals surface area contributed by atoms with Gasteiger partial charge in [-0.15, -0.1) is 0 Å². The molecule has 0 fully saturated rings. The lowest BCUT2D eigenvalue weighted by atomic mass is 10.0. The average Bonchev–Trinajstić information content (AvgIpc) is 2.91. The van der Waals surface area contributed by atoms with Crippen LogP contribution in [0.2, 0.25) is 0 Å². The molecule has 2 N–H and O–H groups in total. The average molecular weight is 308 g/mol. The first kappa shape index (κ1) is 14.7. The Balaban J connectivity index is 2.12. The van der Waals surface area contributed by atoms with E-state index in [1.165, 1.54) is 7.11 Å². The predicted molar refractivity (Wildman–Crippen MR) is 77.3 cm³/mol. The van der Waals surface area contributed by atoms with Crippen molar-refractivity contribution in [1.29, 1.82) is 0 Å². The van der Waals surface area contributed by atoms with Crippen LogP contribution in [0.1, 0.15) is 17.2 Å². The first-order valence-electron chi connectivity index (χ1n) is 6.84. The van der Waals surface area contributed by atoms with Crippen molar-refractivity contribution in [3.05, 3.63) is 58.9 Å². The first-order valence-corrected chi connectivity index (χ1v) is 6.84. The Hall–Kier alpha value is -2.21. The summed E-state index contributed by atoms with van der Waals surface area (Å²) in [5.74, 6) is -3.20. The summed E-state index contributed by atoms with van der Waals surface area (Å²) < 4.78 is 46.3. The van der Waals surface area contributed by atoms with E-state index in [2.05, 4.69) is 0 Å². The van der Waals surface area contributed by atoms with Gasteiger partial charge in [0.1, 0.15) is 5.75 Å². The van der Waals surface area contributed by atoms with E-state index in [0.29, 0.717) is 17.0 Å². The van der Waals surface area contributed by atoms with Gasteiger partial charge in [0.05, 0.1) is 18.8 Å². The first-order chi connectivity index (χ1) is 10.6. The van der Waals surface area contributed by atoms with Gasteiger partial charge in [-0.25, -0.2) is 13.2 Å². The molecule has 1 aliphatic heterocycles. The monoisotopic (exact) mass is 308 g/mol. The van der Waals surface area contributed by atoms with Gasteiger partial charge in [0.15, 0.2) is 17.5 Å². The fraction of sp³-hybridized carbons (Fsp3) is 0.250. The molecule has 2 aromatic carbocycles. The number of benzene rings is 2. The van der Waals surface area contributed by atoms with E-state index in [1.54, 1.807) is 17.0 Å². The van der Waals surface area contributed by atoms with Crippen LogP contribution in [0, 0.1) is 17.5 Å². The normalized spacial score (nSPS) is 16.8. The molecule has 0 saturated carbocycles. The molecule has 6 heteroatoms. The van der Waals surface area contributed by atoms with Crippen LogP contribution in [-0.2, 0) is 6.54 Å². The quantitative estimate of drug-likeness (QED) is 0.885. The van der Waals surface area contributed by atoms with E-state index < -0.39 is 23.5 Å². The highest BCUT2D eigenvalue weighted by molar-refractivity contribution is 5.63. The summed E-state index contributed by atoms with van der Waals surface area (Å²) in [6, 6.07) is 7.78. The lowest BCUT2D eigenvalue weighted by Crippen LogP contribution is -2.28. The number of methoxy groups -OCH3 is 1. The number of anilines is 1. The third-order valence-corrected chi connectivity index (χ3v) is 3.98. The van der Waals surface area contributed by atoms with Gasteiger partial charge in [-0.05, 0) is 23.8 Å². The van der Waals surface area contributed by atoms with Crippen molar-refractivity contribution in [3.63, 3.8) is 0 Å². The molecule has 0 spiro atoms. The van der Waals surface area contributed by atoms with Gasteiger partial charge in [0, 0.05) is 18.7 Å². The van der Waals surface area contributed by atoms with E-state index >= 15 is 0 Å². The molecule has 116 valence electrons. The second-order valence-electron chi connectivity index (χ2n) is 5.11. The van der Waals surface area contributed by atoms with Gasteiger partial charge >= 0.3 is 0 Å². The lowest BCUT2D eigenvalue weighted by molar-refractivity contribution is 0.413. The van der Waals surface area contributed by atoms with Crippen LogP contribution in [0.3, 0.4) is 0 Å². The van der Waals surface area contributed by atoms with Crippen molar-refractivity contribution in [2.24, 2.45) is 5.73 Å². The molecule has 0 amide bonds. The lowest BCUT2D eigenvalue weighted by Gasteiger charge is -2.27. The molecule has 2 aromatic rings. The summed E-state index contributed by atoms with van der Waals surface area (Å²) in [7, 11) is 1.53. The van der Waals surface area contributed by atoms with E-state index in [9.17, 15) is 13.2 Å². The van der Waals surface area contributed by atoms with Crippen LogP contribution in [0.5, 0.6) is 5.75 Å². The molecule has 0 aliphatic carbocycles. The molecular formula is C16H15F3N2O. The van der Waals surface area contributed by atoms with Gasteiger partial charge in [-0.1, -0.05) is 12.1 Å². The number of hydrogen-bond acceptors (Lipinski definition) is 3. The van der Waals surface area contributed by atoms with Crippen molar-refractivity contribution in [3.8, 4) is 5.75 Å². The predicted octanol–water partition coefficient (Wildman–Crippen LogP) is 3.13. The van der Waals surface area contributed by atoms with E-state index in [4.69, 9.17) is 10.5 Å². The van der Waals surface area contributed by atoms with Gasteiger partial charge in [-0.3, -0.25) is 0 Å². The van der Waals surface area contributed by atoms with E-state index in [1.807, 2.05) is 12.1 Å². The van der Waals surface area contributed by atoms with Crippen LogP contribution in [0.25, 0.3) is 0 Å². The third kappa shape index (κ3) is 2.11. The number of hydrogen-bond donors (Lipinski definition) is 1. The minimum atomic E-state index is -1.45. The summed E-state index contributed by atoms with van der Waals surface area (Å²) in [5, 5.41) is 0. The van der Waals surface area contributed by atoms with Crippen LogP contribution >= 0.6 is 0 Å². The van der Waals surface area contributed by atoms with Crippen LogP contribution in [0.15, 0.2) is 30.3 Å². The number of nitrogens with two attached hydrogens (primary N) is 1. The number of ether oxygens (including phenoxy) is 1. The van der Waals surface area contributed by atoms with Gasteiger partial charge in [0.2, 0.25) is 0 Å². The van der Waals surface area contributed by atoms with Gasteiger partial charge in [-0.2, -0.15) is 0 Å². The topological polar surface area (TPSA) is 38.5 Å². The molecule has 0 aromatic heterocycles. The van der Waals surface area contributed by atoms with Gasteiger partial charge < -0.3 is 15.4 Å². The highest BCUT2D eigenvalue weighted by atomic mass is 19.2. The second kappa shape index (κ2) is 5.53. The molecule has 1 heterocycles. The molecule has 1 atom stereocenters. The van der Waals surface area contributed by atoms with Crippen molar-refractivity contribution in [1.82, 2.24) is 0 Å². The maximum absolute atomic E-state index is 14.0. The Labute approximate surface area is 126 Å². The Kier molecular flexibility index (Phi) is 3.70. The van der Waals surface area contributed by atoms with E-state index in [0.717, 1.165) is 6.07 Å². The summed E-state index contributed by atoms with van der Waals surface area (Å²) >= 11 is 0. The highest BCUT2D eigenvalue weighted by Crippen LogP contribution is 2.42. The zero-order valence-electron chi connectivity index (χ0n) is 11.9. The van der Waals surface area contributed by atoms with Crippen molar-refractivity contribution >= 4 is 5.69 Å². The molecular weight excluding hydrogens is 293 g/mol. The van der Waals surface area contributed by atoms with Crippen molar-refractivity contribution in [2.45, 2.75) is 12.6 Å². The largest absolute Gasteiger partial charge is 0.495 e. The molecule has 3 rings (SSSR count). The summed E-state index contributed by atoms with van der Waals surface area (Å²) in [5.41, 5.74) is 7.01. The minimum Gasteiger partial charge on any atom is -0.495 e. The van der Waals surface area contributed by atoms with Crippen molar-refractivity contribution < 1.29 is 17.9 Å². The molecule has 0 bridgehead atoms. The Morgan fingerprint density at radius 3 is 2.64 bits per heavy atom. The van der Waals surface area contributed by atoms with Crippen LogP contribution in [-0.4, -0.2) is 13.7 Å². The minimum absolute atomic E-state index is 0.112. The summed E-state index contributed by atoms with van der Waals surface area (Å²) in [6.45, 7) is 0.260. The fourth-order valence-electron chi connectivity index (χ4n) is 2.93. The zero-order valence-corrected chi connectivity index (χ0v) is 11.9. The SMILES string of the molecule is COc1ccccc1N1Cc2c(cc(F)c(F)c2F)C1CN. The second-order valence-corrected chi connectivity index (χ2v) is 5.11. The van der Waals surface area contributed by atoms with E-state index in [-0.39, 0.29) is 18.7 Å². The Morgan fingerprint density at radius 1 is 1.23 bits per heavy atom. The van der Waals surface area contributed by atoms with Crippen LogP contribution < -0.4 is 15.4 Å². The molecule has 1 unspecified atom stereocenters. The molecule has 0 radical (unpaired) electrons. The molecule has 0 saturated heterocycles. The Bertz CT molecular complexity index is 721. The molecule has 3 nitrogen and oxygen atoms in total. The third-order valence-electron chi connectivity index (χ3n) is 3.98. The van der Waals surface area contributed by atoms with Crippen LogP contribution in [0.4, 0.5) is 18.9 Å². The molecule has 22 heavy (non-hydrogen) atoms. The van der Waals surface area contributed by atoms with Crippen molar-refractivity contribution in [2.75, 3.05) is 18.6 Å². The maximum Gasteiger partial charge on any atom is 0.194 e. The number of nitrogens with zero attached hydrogens (tertiary/aromatic N) is 1. The Morgan fingerprint density at radius 2 is 1.95 bits per heavy atom. The number of rotatable bonds is 3. The molecule has 1 aliphatic rings. The number of halogens is 3. The van der Waals surface area contributed by atoms with Gasteiger partial charge in [0.25, 0.3) is 0 Å². The zero-order chi connectivity index (χ0) is 15.9. The number of fused-ring (bicyclic) bond motifs is 1. The smallest absolute Gasteiger partial charge is 0.194 e. The fourth-order valence-corrected chi connectivity index (χ4v) is 2.93. The summed E-state index contributed by atoms with van der Waals surface area (Å²) in [6.07, 6.45) is 0. The maximum atomic E-state index is 14.0.